The summed E-state index contributed by atoms with van der Waals surface area (Å²) < 4.78 is 33.0. The molecule has 0 radical (unpaired) electrons. The number of aromatic nitrogens is 2. The number of fused-ring (bicyclic) bond motifs is 3. The van der Waals surface area contributed by atoms with E-state index >= 15 is 4.39 Å². The normalized spacial score (nSPS) is 21.2. The maximum absolute atomic E-state index is 15.2. The second-order valence-electron chi connectivity index (χ2n) is 9.75. The fourth-order valence-electron chi connectivity index (χ4n) is 4.39. The Morgan fingerprint density at radius 1 is 1.29 bits per heavy atom. The van der Waals surface area contributed by atoms with E-state index in [1.54, 1.807) is 7.11 Å². The highest BCUT2D eigenvalue weighted by Gasteiger charge is 2.45. The first-order valence-corrected chi connectivity index (χ1v) is 13.1. The van der Waals surface area contributed by atoms with Gasteiger partial charge in [-0.2, -0.15) is 9.97 Å². The molecule has 1 amide bonds. The number of nitrogens with zero attached hydrogens (tertiary/aromatic N) is 4. The zero-order valence-corrected chi connectivity index (χ0v) is 23.6. The van der Waals surface area contributed by atoms with Crippen LogP contribution in [-0.2, 0) is 9.47 Å². The van der Waals surface area contributed by atoms with Crippen molar-refractivity contribution < 1.29 is 23.4 Å². The van der Waals surface area contributed by atoms with Crippen molar-refractivity contribution in [1.29, 1.82) is 0 Å². The zero-order valence-electron chi connectivity index (χ0n) is 19.9. The number of anilines is 1. The fraction of sp³-hybridized carbons (Fsp3) is 0.609. The van der Waals surface area contributed by atoms with E-state index in [1.807, 2.05) is 38.7 Å². The molecular formula is C23H29BrFIN4O4. The number of piperazine rings is 1. The molecule has 0 saturated carbocycles. The number of amides is 1. The van der Waals surface area contributed by atoms with Crippen LogP contribution in [0.25, 0.3) is 10.9 Å². The van der Waals surface area contributed by atoms with Crippen LogP contribution in [0.2, 0.25) is 0 Å². The molecule has 2 aliphatic heterocycles. The lowest BCUT2D eigenvalue weighted by Gasteiger charge is -2.42. The minimum absolute atomic E-state index is 0.00383. The van der Waals surface area contributed by atoms with Crippen molar-refractivity contribution >= 4 is 61.3 Å². The van der Waals surface area contributed by atoms with Crippen molar-refractivity contribution in [2.24, 2.45) is 0 Å². The molecule has 11 heteroatoms. The summed E-state index contributed by atoms with van der Waals surface area (Å²) in [6.07, 6.45) is 1.32. The van der Waals surface area contributed by atoms with Crippen LogP contribution in [0.4, 0.5) is 15.0 Å². The minimum atomic E-state index is -0.552. The predicted molar refractivity (Wildman–Crippen MR) is 139 cm³/mol. The number of hydrogen-bond acceptors (Lipinski definition) is 7. The van der Waals surface area contributed by atoms with Crippen molar-refractivity contribution in [2.75, 3.05) is 31.7 Å². The topological polar surface area (TPSA) is 77.0 Å². The third-order valence-electron chi connectivity index (χ3n) is 6.02. The molecule has 186 valence electrons. The van der Waals surface area contributed by atoms with E-state index in [9.17, 15) is 4.79 Å². The standard InChI is InChI=1S/C23H29BrFIN4O4/c1-12(32-5)11-33-21-27-19-15(8-16(26)17(24)18(19)25)20(28-21)29-9-13-6-7-14(10-29)30(13)22(31)34-23(2,3)4/h8,12-14H,6-7,9-11H2,1-5H3/t12-,13?,14?/m0/s1. The summed E-state index contributed by atoms with van der Waals surface area (Å²) in [5, 5.41) is 0.613. The molecule has 2 aromatic rings. The van der Waals surface area contributed by atoms with E-state index in [0.29, 0.717) is 28.8 Å². The van der Waals surface area contributed by atoms with Crippen LogP contribution >= 0.6 is 38.5 Å². The first-order valence-electron chi connectivity index (χ1n) is 11.3. The molecule has 1 aromatic heterocycles. The fourth-order valence-corrected chi connectivity index (χ4v) is 5.24. The average molecular weight is 651 g/mol. The molecule has 2 saturated heterocycles. The largest absolute Gasteiger partial charge is 0.461 e. The molecule has 1 aromatic carbocycles. The highest BCUT2D eigenvalue weighted by atomic mass is 127. The molecule has 2 unspecified atom stereocenters. The average Bonchev–Trinajstić information content (AvgIpc) is 3.04. The molecule has 8 nitrogen and oxygen atoms in total. The van der Waals surface area contributed by atoms with Gasteiger partial charge in [0, 0.05) is 29.2 Å². The van der Waals surface area contributed by atoms with Gasteiger partial charge in [-0.05, 0) is 85.1 Å². The van der Waals surface area contributed by atoms with Gasteiger partial charge in [-0.1, -0.05) is 0 Å². The molecule has 2 aliphatic rings. The maximum Gasteiger partial charge on any atom is 0.410 e. The van der Waals surface area contributed by atoms with Gasteiger partial charge in [0.2, 0.25) is 0 Å². The first kappa shape index (κ1) is 25.6. The molecule has 2 fully saturated rings. The van der Waals surface area contributed by atoms with Crippen LogP contribution in [0.3, 0.4) is 0 Å². The van der Waals surface area contributed by atoms with Gasteiger partial charge in [0.25, 0.3) is 0 Å². The van der Waals surface area contributed by atoms with Gasteiger partial charge in [0.1, 0.15) is 23.5 Å². The summed E-state index contributed by atoms with van der Waals surface area (Å²) in [4.78, 5) is 25.9. The Labute approximate surface area is 220 Å². The molecule has 2 bridgehead atoms. The third-order valence-corrected chi connectivity index (χ3v) is 8.39. The summed E-state index contributed by atoms with van der Waals surface area (Å²) >= 11 is 5.41. The molecule has 3 heterocycles. The van der Waals surface area contributed by atoms with E-state index < -0.39 is 11.4 Å². The summed E-state index contributed by atoms with van der Waals surface area (Å²) in [5.41, 5.74) is -0.358. The lowest BCUT2D eigenvalue weighted by atomic mass is 10.1. The Kier molecular flexibility index (Phi) is 7.45. The maximum atomic E-state index is 15.2. The number of ether oxygens (including phenoxy) is 3. The van der Waals surface area contributed by atoms with Gasteiger partial charge in [-0.3, -0.25) is 4.90 Å². The molecule has 0 N–H and O–H groups in total. The lowest BCUT2D eigenvalue weighted by molar-refractivity contribution is 0.0123. The van der Waals surface area contributed by atoms with Crippen LogP contribution in [0.5, 0.6) is 6.01 Å². The number of carbonyl (C=O) groups excluding carboxylic acids is 1. The molecule has 3 atom stereocenters. The van der Waals surface area contributed by atoms with Crippen molar-refractivity contribution in [2.45, 2.75) is 64.3 Å². The number of methoxy groups -OCH3 is 1. The summed E-state index contributed by atoms with van der Waals surface area (Å²) in [5.74, 6) is 0.153. The number of carbonyl (C=O) groups is 1. The molecule has 4 rings (SSSR count). The van der Waals surface area contributed by atoms with Crippen LogP contribution in [0.1, 0.15) is 40.5 Å². The van der Waals surface area contributed by atoms with Gasteiger partial charge in [-0.15, -0.1) is 0 Å². The molecule has 34 heavy (non-hydrogen) atoms. The van der Waals surface area contributed by atoms with Crippen molar-refractivity contribution in [3.63, 3.8) is 0 Å². The van der Waals surface area contributed by atoms with Crippen LogP contribution in [-0.4, -0.2) is 71.6 Å². The highest BCUT2D eigenvalue weighted by molar-refractivity contribution is 14.1. The van der Waals surface area contributed by atoms with E-state index in [0.717, 1.165) is 16.4 Å². The van der Waals surface area contributed by atoms with Gasteiger partial charge in [-0.25, -0.2) is 9.18 Å². The van der Waals surface area contributed by atoms with Crippen LogP contribution < -0.4 is 9.64 Å². The predicted octanol–water partition coefficient (Wildman–Crippen LogP) is 5.14. The Morgan fingerprint density at radius 2 is 1.94 bits per heavy atom. The lowest BCUT2D eigenvalue weighted by Crippen LogP contribution is -2.57. The smallest absolute Gasteiger partial charge is 0.410 e. The number of rotatable bonds is 5. The highest BCUT2D eigenvalue weighted by Crippen LogP contribution is 2.38. The molecule has 0 aliphatic carbocycles. The Hall–Kier alpha value is -1.47. The summed E-state index contributed by atoms with van der Waals surface area (Å²) in [7, 11) is 1.60. The van der Waals surface area contributed by atoms with Crippen LogP contribution in [0.15, 0.2) is 10.5 Å². The second kappa shape index (κ2) is 9.88. The number of halogens is 3. The van der Waals surface area contributed by atoms with Crippen molar-refractivity contribution in [1.82, 2.24) is 14.9 Å². The summed E-state index contributed by atoms with van der Waals surface area (Å²) in [6.45, 7) is 8.87. The van der Waals surface area contributed by atoms with Gasteiger partial charge < -0.3 is 19.1 Å². The SMILES string of the molecule is CO[C@@H](C)COc1nc(N2CC3CCC(C2)N3C(=O)OC(C)(C)C)c2cc(I)c(Br)c(F)c2n1. The van der Waals surface area contributed by atoms with E-state index in [1.165, 1.54) is 0 Å². The van der Waals surface area contributed by atoms with Crippen molar-refractivity contribution in [3.8, 4) is 6.01 Å². The van der Waals surface area contributed by atoms with E-state index in [-0.39, 0.29) is 42.4 Å². The van der Waals surface area contributed by atoms with E-state index in [2.05, 4.69) is 53.4 Å². The quantitative estimate of drug-likeness (QED) is 0.328. The zero-order chi connectivity index (χ0) is 24.8. The number of benzene rings is 1. The molecular weight excluding hydrogens is 622 g/mol. The Balaban J connectivity index is 1.69. The van der Waals surface area contributed by atoms with Crippen molar-refractivity contribution in [3.05, 3.63) is 19.9 Å². The van der Waals surface area contributed by atoms with Crippen LogP contribution in [0, 0.1) is 9.39 Å². The van der Waals surface area contributed by atoms with Gasteiger partial charge in [0.15, 0.2) is 5.82 Å². The van der Waals surface area contributed by atoms with E-state index in [4.69, 9.17) is 14.2 Å². The third kappa shape index (κ3) is 5.20. The first-order chi connectivity index (χ1) is 16.0. The van der Waals surface area contributed by atoms with Gasteiger partial charge in [0.05, 0.1) is 22.7 Å². The number of hydrogen-bond donors (Lipinski definition) is 0. The minimum Gasteiger partial charge on any atom is -0.461 e. The molecule has 0 spiro atoms. The Bertz CT molecular complexity index is 1090. The Morgan fingerprint density at radius 3 is 2.53 bits per heavy atom. The summed E-state index contributed by atoms with van der Waals surface area (Å²) in [6, 6.07) is 1.97. The monoisotopic (exact) mass is 650 g/mol. The second-order valence-corrected chi connectivity index (χ2v) is 11.7. The van der Waals surface area contributed by atoms with Gasteiger partial charge >= 0.3 is 12.1 Å².